The first-order valence-corrected chi connectivity index (χ1v) is 10.00. The number of carbonyl (C=O) groups is 1. The minimum atomic E-state index is 0. The first kappa shape index (κ1) is 22.7. The van der Waals surface area contributed by atoms with Crippen LogP contribution in [-0.2, 0) is 17.9 Å². The van der Waals surface area contributed by atoms with Gasteiger partial charge in [-0.05, 0) is 41.8 Å². The fourth-order valence-corrected chi connectivity index (χ4v) is 3.41. The maximum absolute atomic E-state index is 11.9. The van der Waals surface area contributed by atoms with Crippen LogP contribution in [0.5, 0.6) is 0 Å². The van der Waals surface area contributed by atoms with Gasteiger partial charge >= 0.3 is 0 Å². The number of aliphatic imine (C=N–C) groups is 1. The van der Waals surface area contributed by atoms with Gasteiger partial charge < -0.3 is 15.5 Å². The Kier molecular flexibility index (Phi) is 7.99. The highest BCUT2D eigenvalue weighted by Gasteiger charge is 2.21. The number of halogens is 1. The average Bonchev–Trinajstić information content (AvgIpc) is 3.47. The molecule has 3 aromatic rings. The van der Waals surface area contributed by atoms with Crippen LogP contribution in [0.15, 0.2) is 66.3 Å². The summed E-state index contributed by atoms with van der Waals surface area (Å²) in [6, 6.07) is 12.1. The molecule has 1 aliphatic rings. The molecule has 162 valence electrons. The second-order valence-electron chi connectivity index (χ2n) is 7.09. The minimum Gasteiger partial charge on any atom is -0.352 e. The van der Waals surface area contributed by atoms with E-state index in [0.717, 1.165) is 41.6 Å². The molecule has 1 saturated heterocycles. The van der Waals surface area contributed by atoms with Crippen LogP contribution in [0.3, 0.4) is 0 Å². The summed E-state index contributed by atoms with van der Waals surface area (Å²) in [5.41, 5.74) is 3.19. The zero-order chi connectivity index (χ0) is 20.8. The first-order valence-electron chi connectivity index (χ1n) is 10.00. The molecule has 0 aliphatic carbocycles. The second kappa shape index (κ2) is 10.9. The van der Waals surface area contributed by atoms with E-state index in [9.17, 15) is 4.79 Å². The Bertz CT molecular complexity index is 1020. The van der Waals surface area contributed by atoms with E-state index in [0.29, 0.717) is 19.5 Å². The Hall–Kier alpha value is -2.95. The van der Waals surface area contributed by atoms with E-state index >= 15 is 0 Å². The highest BCUT2D eigenvalue weighted by atomic mass is 127. The normalized spacial score (nSPS) is 13.8. The third-order valence-corrected chi connectivity index (χ3v) is 5.04. The molecule has 9 heteroatoms. The number of guanidine groups is 1. The number of aromatic nitrogens is 3. The summed E-state index contributed by atoms with van der Waals surface area (Å²) in [6.07, 6.45) is 8.69. The van der Waals surface area contributed by atoms with Crippen molar-refractivity contribution in [2.45, 2.75) is 25.9 Å². The molecule has 0 unspecified atom stereocenters. The SMILES string of the molecule is CN=C(NCc1ccc(N2CCCC2=O)cc1)NCc1ccnc(-n2ccnc2)c1.I. The fourth-order valence-electron chi connectivity index (χ4n) is 3.41. The predicted octanol–water partition coefficient (Wildman–Crippen LogP) is 2.88. The van der Waals surface area contributed by atoms with Crippen molar-refractivity contribution in [3.8, 4) is 5.82 Å². The van der Waals surface area contributed by atoms with Crippen LogP contribution in [-0.4, -0.2) is 40.0 Å². The Morgan fingerprint density at radius 1 is 1.10 bits per heavy atom. The van der Waals surface area contributed by atoms with Crippen molar-refractivity contribution in [2.24, 2.45) is 4.99 Å². The summed E-state index contributed by atoms with van der Waals surface area (Å²) in [4.78, 5) is 26.4. The van der Waals surface area contributed by atoms with Gasteiger partial charge in [0.1, 0.15) is 12.1 Å². The van der Waals surface area contributed by atoms with Gasteiger partial charge in [0, 0.05) is 57.4 Å². The van der Waals surface area contributed by atoms with Crippen molar-refractivity contribution in [3.63, 3.8) is 0 Å². The summed E-state index contributed by atoms with van der Waals surface area (Å²) < 4.78 is 1.87. The molecule has 4 rings (SSSR count). The Balaban J connectivity index is 0.00000272. The summed E-state index contributed by atoms with van der Waals surface area (Å²) in [7, 11) is 1.75. The summed E-state index contributed by atoms with van der Waals surface area (Å²) in [5, 5.41) is 6.65. The number of rotatable bonds is 6. The molecule has 0 saturated carbocycles. The van der Waals surface area contributed by atoms with E-state index in [1.807, 2.05) is 52.1 Å². The zero-order valence-corrected chi connectivity index (χ0v) is 19.7. The van der Waals surface area contributed by atoms with E-state index in [-0.39, 0.29) is 29.9 Å². The van der Waals surface area contributed by atoms with Crippen LogP contribution >= 0.6 is 24.0 Å². The van der Waals surface area contributed by atoms with Crippen molar-refractivity contribution in [3.05, 3.63) is 72.4 Å². The van der Waals surface area contributed by atoms with E-state index < -0.39 is 0 Å². The van der Waals surface area contributed by atoms with Crippen LogP contribution < -0.4 is 15.5 Å². The molecule has 8 nitrogen and oxygen atoms in total. The van der Waals surface area contributed by atoms with E-state index in [1.54, 1.807) is 25.8 Å². The monoisotopic (exact) mass is 531 g/mol. The number of hydrogen-bond acceptors (Lipinski definition) is 4. The predicted molar refractivity (Wildman–Crippen MR) is 132 cm³/mol. The van der Waals surface area contributed by atoms with E-state index in [4.69, 9.17) is 0 Å². The average molecular weight is 531 g/mol. The lowest BCUT2D eigenvalue weighted by molar-refractivity contribution is -0.117. The molecule has 0 spiro atoms. The molecular weight excluding hydrogens is 505 g/mol. The smallest absolute Gasteiger partial charge is 0.227 e. The fraction of sp³-hybridized carbons (Fsp3) is 0.273. The second-order valence-corrected chi connectivity index (χ2v) is 7.09. The van der Waals surface area contributed by atoms with Gasteiger partial charge in [0.15, 0.2) is 5.96 Å². The molecule has 1 aliphatic heterocycles. The highest BCUT2D eigenvalue weighted by Crippen LogP contribution is 2.21. The maximum Gasteiger partial charge on any atom is 0.227 e. The molecule has 3 heterocycles. The number of hydrogen-bond donors (Lipinski definition) is 2. The Labute approximate surface area is 198 Å². The Morgan fingerprint density at radius 2 is 1.87 bits per heavy atom. The molecule has 31 heavy (non-hydrogen) atoms. The van der Waals surface area contributed by atoms with Gasteiger partial charge in [0.2, 0.25) is 5.91 Å². The molecule has 2 aromatic heterocycles. The topological polar surface area (TPSA) is 87.4 Å². The third-order valence-electron chi connectivity index (χ3n) is 5.04. The summed E-state index contributed by atoms with van der Waals surface area (Å²) in [6.45, 7) is 2.08. The van der Waals surface area contributed by atoms with E-state index in [1.165, 1.54) is 0 Å². The number of nitrogens with one attached hydrogen (secondary N) is 2. The number of pyridine rings is 1. The minimum absolute atomic E-state index is 0. The maximum atomic E-state index is 11.9. The number of carbonyl (C=O) groups excluding carboxylic acids is 1. The number of amides is 1. The number of nitrogens with zero attached hydrogens (tertiary/aromatic N) is 5. The zero-order valence-electron chi connectivity index (χ0n) is 17.4. The molecule has 0 radical (unpaired) electrons. The third kappa shape index (κ3) is 5.81. The van der Waals surface area contributed by atoms with Gasteiger partial charge in [-0.2, -0.15) is 0 Å². The van der Waals surface area contributed by atoms with Crippen molar-refractivity contribution >= 4 is 41.5 Å². The molecule has 1 aromatic carbocycles. The molecule has 0 bridgehead atoms. The first-order chi connectivity index (χ1) is 14.7. The lowest BCUT2D eigenvalue weighted by Crippen LogP contribution is -2.36. The standard InChI is InChI=1S/C22H25N7O.HI/c1-23-22(27-15-18-8-9-25-20(13-18)28-12-10-24-16-28)26-14-17-4-6-19(7-5-17)29-11-2-3-21(29)30;/h4-10,12-13,16H,2-3,11,14-15H2,1H3,(H2,23,26,27);1H. The summed E-state index contributed by atoms with van der Waals surface area (Å²) in [5.74, 6) is 1.75. The Morgan fingerprint density at radius 3 is 2.52 bits per heavy atom. The van der Waals surface area contributed by atoms with Crippen LogP contribution in [0.1, 0.15) is 24.0 Å². The van der Waals surface area contributed by atoms with Crippen molar-refractivity contribution in [1.82, 2.24) is 25.2 Å². The lowest BCUT2D eigenvalue weighted by Gasteiger charge is -2.16. The molecule has 2 N–H and O–H groups in total. The van der Waals surface area contributed by atoms with Gasteiger partial charge in [0.05, 0.1) is 0 Å². The molecule has 0 atom stereocenters. The molecular formula is C22H26IN7O. The van der Waals surface area contributed by atoms with Gasteiger partial charge in [-0.1, -0.05) is 12.1 Å². The summed E-state index contributed by atoms with van der Waals surface area (Å²) >= 11 is 0. The van der Waals surface area contributed by atoms with Crippen LogP contribution in [0, 0.1) is 0 Å². The number of imidazole rings is 1. The van der Waals surface area contributed by atoms with Crippen LogP contribution in [0.2, 0.25) is 0 Å². The van der Waals surface area contributed by atoms with Crippen LogP contribution in [0.4, 0.5) is 5.69 Å². The van der Waals surface area contributed by atoms with E-state index in [2.05, 4.69) is 25.6 Å². The molecule has 1 amide bonds. The highest BCUT2D eigenvalue weighted by molar-refractivity contribution is 14.0. The van der Waals surface area contributed by atoms with Gasteiger partial charge in [-0.3, -0.25) is 14.4 Å². The lowest BCUT2D eigenvalue weighted by atomic mass is 10.2. The van der Waals surface area contributed by atoms with Crippen LogP contribution in [0.25, 0.3) is 5.82 Å². The van der Waals surface area contributed by atoms with Crippen molar-refractivity contribution in [2.75, 3.05) is 18.5 Å². The number of anilines is 1. The molecule has 1 fully saturated rings. The number of benzene rings is 1. The van der Waals surface area contributed by atoms with Crippen molar-refractivity contribution in [1.29, 1.82) is 0 Å². The van der Waals surface area contributed by atoms with Gasteiger partial charge in [0.25, 0.3) is 0 Å². The van der Waals surface area contributed by atoms with Gasteiger partial charge in [-0.25, -0.2) is 9.97 Å². The quantitative estimate of drug-likeness (QED) is 0.290. The van der Waals surface area contributed by atoms with Gasteiger partial charge in [-0.15, -0.1) is 24.0 Å². The van der Waals surface area contributed by atoms with Crippen molar-refractivity contribution < 1.29 is 4.79 Å². The largest absolute Gasteiger partial charge is 0.352 e.